The summed E-state index contributed by atoms with van der Waals surface area (Å²) in [6, 6.07) is 6.05. The van der Waals surface area contributed by atoms with E-state index in [2.05, 4.69) is 4.98 Å². The van der Waals surface area contributed by atoms with Gasteiger partial charge in [0.25, 0.3) is 5.91 Å². The number of fused-ring (bicyclic) bond motifs is 1. The Morgan fingerprint density at radius 3 is 2.57 bits per heavy atom. The van der Waals surface area contributed by atoms with Crippen molar-refractivity contribution in [2.45, 2.75) is 32.5 Å². The zero-order valence-electron chi connectivity index (χ0n) is 16.6. The maximum Gasteiger partial charge on any atom is 0.416 e. The molecule has 1 saturated heterocycles. The van der Waals surface area contributed by atoms with Gasteiger partial charge in [0, 0.05) is 24.4 Å². The Balaban J connectivity index is 1.84. The number of rotatable bonds is 2. The van der Waals surface area contributed by atoms with Gasteiger partial charge in [-0.15, -0.1) is 0 Å². The standard InChI is InChI=1S/C21H22F3N3O3/c1-12-10-30-8-7-16(12)26-11-27(17-5-6-19(28)25-13(17)2)20(29)15-4-3-14(9-18(15)26)21(22,23)24/h3-6,9,12,16H,7-8,10-11H2,1-2H3,(H,25,28)/t12-,16-/m1/s1. The van der Waals surface area contributed by atoms with Crippen molar-refractivity contribution in [3.63, 3.8) is 0 Å². The fraction of sp³-hybridized carbons (Fsp3) is 0.429. The third kappa shape index (κ3) is 3.58. The number of halogens is 3. The molecular weight excluding hydrogens is 399 g/mol. The summed E-state index contributed by atoms with van der Waals surface area (Å²) in [6.45, 7) is 4.78. The number of hydrogen-bond acceptors (Lipinski definition) is 4. The lowest BCUT2D eigenvalue weighted by molar-refractivity contribution is -0.137. The smallest absolute Gasteiger partial charge is 0.381 e. The summed E-state index contributed by atoms with van der Waals surface area (Å²) in [4.78, 5) is 30.9. The van der Waals surface area contributed by atoms with Gasteiger partial charge < -0.3 is 14.6 Å². The van der Waals surface area contributed by atoms with Gasteiger partial charge in [0.05, 0.1) is 35.8 Å². The second kappa shape index (κ2) is 7.46. The van der Waals surface area contributed by atoms with Crippen LogP contribution in [0, 0.1) is 12.8 Å². The number of pyridine rings is 1. The summed E-state index contributed by atoms with van der Waals surface area (Å²) < 4.78 is 45.6. The molecule has 0 spiro atoms. The average molecular weight is 421 g/mol. The van der Waals surface area contributed by atoms with Crippen molar-refractivity contribution in [3.05, 3.63) is 57.5 Å². The van der Waals surface area contributed by atoms with Crippen molar-refractivity contribution < 1.29 is 22.7 Å². The molecule has 1 N–H and O–H groups in total. The van der Waals surface area contributed by atoms with E-state index in [0.29, 0.717) is 31.0 Å². The van der Waals surface area contributed by atoms with Gasteiger partial charge in [-0.3, -0.25) is 14.5 Å². The number of alkyl halides is 3. The second-order valence-corrected chi connectivity index (χ2v) is 7.82. The van der Waals surface area contributed by atoms with E-state index in [1.807, 2.05) is 11.8 Å². The summed E-state index contributed by atoms with van der Waals surface area (Å²) in [6.07, 6.45) is -3.86. The molecule has 0 bridgehead atoms. The van der Waals surface area contributed by atoms with Crippen LogP contribution < -0.4 is 15.4 Å². The predicted octanol–water partition coefficient (Wildman–Crippen LogP) is 3.55. The number of aromatic nitrogens is 1. The first kappa shape index (κ1) is 20.5. The van der Waals surface area contributed by atoms with E-state index in [4.69, 9.17) is 4.74 Å². The van der Waals surface area contributed by atoms with Crippen LogP contribution >= 0.6 is 0 Å². The Hall–Kier alpha value is -2.81. The lowest BCUT2D eigenvalue weighted by Crippen LogP contribution is -2.55. The van der Waals surface area contributed by atoms with Gasteiger partial charge in [-0.2, -0.15) is 13.2 Å². The third-order valence-corrected chi connectivity index (χ3v) is 5.78. The topological polar surface area (TPSA) is 65.6 Å². The molecular formula is C21H22F3N3O3. The number of carbonyl (C=O) groups excluding carboxylic acids is 1. The summed E-state index contributed by atoms with van der Waals surface area (Å²) in [5, 5.41) is 0. The highest BCUT2D eigenvalue weighted by molar-refractivity contribution is 6.12. The largest absolute Gasteiger partial charge is 0.416 e. The number of nitrogens with zero attached hydrogens (tertiary/aromatic N) is 2. The minimum absolute atomic E-state index is 0.0767. The number of aromatic amines is 1. The van der Waals surface area contributed by atoms with E-state index < -0.39 is 17.6 Å². The lowest BCUT2D eigenvalue weighted by atomic mass is 9.93. The van der Waals surface area contributed by atoms with Crippen LogP contribution in [-0.2, 0) is 10.9 Å². The SMILES string of the molecule is Cc1[nH]c(=O)ccc1N1CN([C@@H]2CCOC[C@H]2C)c2cc(C(F)(F)F)ccc2C1=O. The van der Waals surface area contributed by atoms with E-state index >= 15 is 0 Å². The predicted molar refractivity (Wildman–Crippen MR) is 106 cm³/mol. The van der Waals surface area contributed by atoms with Crippen LogP contribution in [0.2, 0.25) is 0 Å². The molecule has 1 amide bonds. The van der Waals surface area contributed by atoms with Crippen LogP contribution in [0.15, 0.2) is 35.1 Å². The van der Waals surface area contributed by atoms with Gasteiger partial charge in [0.2, 0.25) is 5.56 Å². The maximum atomic E-state index is 13.4. The maximum absolute atomic E-state index is 13.4. The van der Waals surface area contributed by atoms with Crippen molar-refractivity contribution in [2.24, 2.45) is 5.92 Å². The Bertz CT molecular complexity index is 1030. The molecule has 0 radical (unpaired) electrons. The molecule has 2 aliphatic heterocycles. The molecule has 2 aromatic rings. The summed E-state index contributed by atoms with van der Waals surface area (Å²) in [7, 11) is 0. The normalized spacial score (nSPS) is 22.2. The zero-order valence-corrected chi connectivity index (χ0v) is 16.6. The summed E-state index contributed by atoms with van der Waals surface area (Å²) in [5.74, 6) is -0.322. The van der Waals surface area contributed by atoms with Crippen LogP contribution in [-0.4, -0.2) is 36.8 Å². The van der Waals surface area contributed by atoms with Crippen LogP contribution in [0.5, 0.6) is 0 Å². The highest BCUT2D eigenvalue weighted by Gasteiger charge is 2.39. The van der Waals surface area contributed by atoms with Crippen LogP contribution in [0.25, 0.3) is 0 Å². The fourth-order valence-corrected chi connectivity index (χ4v) is 4.23. The molecule has 2 aliphatic rings. The van der Waals surface area contributed by atoms with Gasteiger partial charge in [0.1, 0.15) is 0 Å². The van der Waals surface area contributed by atoms with Crippen molar-refractivity contribution in [2.75, 3.05) is 29.7 Å². The number of H-pyrrole nitrogens is 1. The lowest BCUT2D eigenvalue weighted by Gasteiger charge is -2.46. The Kier molecular flexibility index (Phi) is 5.09. The molecule has 1 aromatic heterocycles. The summed E-state index contributed by atoms with van der Waals surface area (Å²) in [5.41, 5.74) is 0.463. The number of ether oxygens (including phenoxy) is 1. The van der Waals surface area contributed by atoms with Crippen LogP contribution in [0.4, 0.5) is 24.5 Å². The molecule has 6 nitrogen and oxygen atoms in total. The fourth-order valence-electron chi connectivity index (χ4n) is 4.23. The second-order valence-electron chi connectivity index (χ2n) is 7.82. The van der Waals surface area contributed by atoms with Gasteiger partial charge in [-0.1, -0.05) is 6.92 Å². The molecule has 4 rings (SSSR count). The van der Waals surface area contributed by atoms with Gasteiger partial charge in [0.15, 0.2) is 0 Å². The highest BCUT2D eigenvalue weighted by Crippen LogP contribution is 2.39. The summed E-state index contributed by atoms with van der Waals surface area (Å²) >= 11 is 0. The van der Waals surface area contributed by atoms with Gasteiger partial charge in [-0.25, -0.2) is 0 Å². The minimum Gasteiger partial charge on any atom is -0.381 e. The van der Waals surface area contributed by atoms with Crippen molar-refractivity contribution >= 4 is 17.3 Å². The molecule has 2 atom stereocenters. The van der Waals surface area contributed by atoms with Gasteiger partial charge >= 0.3 is 6.18 Å². The minimum atomic E-state index is -4.50. The van der Waals surface area contributed by atoms with Crippen LogP contribution in [0.3, 0.4) is 0 Å². The Morgan fingerprint density at radius 1 is 1.13 bits per heavy atom. The monoisotopic (exact) mass is 421 g/mol. The number of hydrogen-bond donors (Lipinski definition) is 1. The van der Waals surface area contributed by atoms with E-state index in [9.17, 15) is 22.8 Å². The third-order valence-electron chi connectivity index (χ3n) is 5.78. The highest BCUT2D eigenvalue weighted by atomic mass is 19.4. The van der Waals surface area contributed by atoms with E-state index in [1.165, 1.54) is 17.0 Å². The van der Waals surface area contributed by atoms with E-state index in [1.54, 1.807) is 13.0 Å². The van der Waals surface area contributed by atoms with Crippen molar-refractivity contribution in [1.82, 2.24) is 4.98 Å². The first-order chi connectivity index (χ1) is 14.2. The number of carbonyl (C=O) groups is 1. The Morgan fingerprint density at radius 2 is 1.90 bits per heavy atom. The van der Waals surface area contributed by atoms with Crippen LogP contribution in [0.1, 0.15) is 35.0 Å². The Labute approximate surface area is 171 Å². The number of aryl methyl sites for hydroxylation is 1. The number of benzene rings is 1. The molecule has 0 unspecified atom stereocenters. The quantitative estimate of drug-likeness (QED) is 0.806. The number of anilines is 2. The van der Waals surface area contributed by atoms with Crippen molar-refractivity contribution in [1.29, 1.82) is 0 Å². The molecule has 30 heavy (non-hydrogen) atoms. The molecule has 9 heteroatoms. The zero-order chi connectivity index (χ0) is 21.6. The first-order valence-corrected chi connectivity index (χ1v) is 9.74. The molecule has 0 saturated carbocycles. The van der Waals surface area contributed by atoms with Gasteiger partial charge in [-0.05, 0) is 43.5 Å². The molecule has 160 valence electrons. The van der Waals surface area contributed by atoms with E-state index in [0.717, 1.165) is 12.1 Å². The number of nitrogens with one attached hydrogen (secondary N) is 1. The average Bonchev–Trinajstić information content (AvgIpc) is 2.69. The number of amides is 1. The molecule has 1 aromatic carbocycles. The first-order valence-electron chi connectivity index (χ1n) is 9.74. The van der Waals surface area contributed by atoms with Crippen molar-refractivity contribution in [3.8, 4) is 0 Å². The molecule has 1 fully saturated rings. The molecule has 0 aliphatic carbocycles. The molecule has 3 heterocycles. The van der Waals surface area contributed by atoms with E-state index in [-0.39, 0.29) is 35.4 Å².